The lowest BCUT2D eigenvalue weighted by atomic mass is 9.99. The summed E-state index contributed by atoms with van der Waals surface area (Å²) in [4.78, 5) is 22.5. The van der Waals surface area contributed by atoms with Crippen LogP contribution in [0.2, 0.25) is 0 Å². The van der Waals surface area contributed by atoms with Gasteiger partial charge in [-0.1, -0.05) is 36.4 Å². The van der Waals surface area contributed by atoms with Crippen LogP contribution in [0.25, 0.3) is 11.0 Å². The topological polar surface area (TPSA) is 81.2 Å². The van der Waals surface area contributed by atoms with Gasteiger partial charge in [-0.3, -0.25) is 9.69 Å². The Morgan fingerprint density at radius 2 is 1.97 bits per heavy atom. The lowest BCUT2D eigenvalue weighted by Crippen LogP contribution is -2.55. The maximum atomic E-state index is 12.2. The average molecular weight is 437 g/mol. The van der Waals surface area contributed by atoms with Crippen LogP contribution < -0.4 is 5.32 Å². The van der Waals surface area contributed by atoms with E-state index in [0.29, 0.717) is 19.4 Å². The first kappa shape index (κ1) is 20.5. The molecule has 7 heteroatoms. The molecule has 1 fully saturated rings. The molecule has 3 unspecified atom stereocenters. The van der Waals surface area contributed by atoms with E-state index in [1.807, 2.05) is 24.3 Å². The molecule has 1 amide bonds. The van der Waals surface area contributed by atoms with Crippen LogP contribution in [0.5, 0.6) is 0 Å². The Bertz CT molecular complexity index is 1040. The maximum absolute atomic E-state index is 12.2. The van der Waals surface area contributed by atoms with Gasteiger partial charge in [-0.2, -0.15) is 0 Å². The van der Waals surface area contributed by atoms with Gasteiger partial charge in [-0.05, 0) is 29.7 Å². The van der Waals surface area contributed by atoms with Gasteiger partial charge in [0, 0.05) is 49.5 Å². The molecule has 3 heterocycles. The fourth-order valence-corrected chi connectivity index (χ4v) is 5.83. The Kier molecular flexibility index (Phi) is 5.98. The summed E-state index contributed by atoms with van der Waals surface area (Å²) >= 11 is 1.79. The monoisotopic (exact) mass is 436 g/mol. The van der Waals surface area contributed by atoms with Crippen molar-refractivity contribution in [1.29, 1.82) is 0 Å². The van der Waals surface area contributed by atoms with Crippen LogP contribution >= 0.6 is 11.8 Å². The number of amides is 1. The first-order valence-corrected chi connectivity index (χ1v) is 11.9. The van der Waals surface area contributed by atoms with Crippen molar-refractivity contribution in [3.05, 3.63) is 65.5 Å². The van der Waals surface area contributed by atoms with Gasteiger partial charge in [0.25, 0.3) is 0 Å². The minimum atomic E-state index is -0.363. The molecule has 0 aliphatic carbocycles. The van der Waals surface area contributed by atoms with Crippen molar-refractivity contribution < 1.29 is 9.90 Å². The van der Waals surface area contributed by atoms with Crippen molar-refractivity contribution in [2.45, 2.75) is 42.4 Å². The highest BCUT2D eigenvalue weighted by atomic mass is 32.2. The summed E-state index contributed by atoms with van der Waals surface area (Å²) in [6.07, 6.45) is 1.69. The predicted molar refractivity (Wildman–Crippen MR) is 124 cm³/mol. The van der Waals surface area contributed by atoms with E-state index < -0.39 is 0 Å². The molecule has 3 aromatic rings. The van der Waals surface area contributed by atoms with Crippen LogP contribution in [0, 0.1) is 0 Å². The van der Waals surface area contributed by atoms with Crippen molar-refractivity contribution in [2.24, 2.45) is 0 Å². The van der Waals surface area contributed by atoms with Gasteiger partial charge < -0.3 is 15.4 Å². The summed E-state index contributed by atoms with van der Waals surface area (Å²) in [7, 11) is 0. The number of aliphatic hydroxyl groups excluding tert-OH is 1. The predicted octanol–water partition coefficient (Wildman–Crippen LogP) is 2.51. The lowest BCUT2D eigenvalue weighted by molar-refractivity contribution is -0.121. The van der Waals surface area contributed by atoms with Gasteiger partial charge in [-0.25, -0.2) is 4.98 Å². The third-order valence-corrected chi connectivity index (χ3v) is 7.86. The van der Waals surface area contributed by atoms with E-state index >= 15 is 0 Å². The standard InChI is InChI=1S/C24H28N4O2S/c29-23(10-9-22-26-18-7-3-4-8-19(18)27-22)25-13-20-24(30)21(31-20)15-28-12-11-16-5-1-2-6-17(16)14-28/h1-8,20-21,24,30H,9-15H2,(H,25,29)(H,26,27). The van der Waals surface area contributed by atoms with E-state index in [9.17, 15) is 9.90 Å². The van der Waals surface area contributed by atoms with Crippen LogP contribution in [0.3, 0.4) is 0 Å². The molecule has 3 atom stereocenters. The molecule has 0 bridgehead atoms. The number of para-hydroxylation sites is 2. The molecule has 2 aromatic carbocycles. The number of aliphatic hydroxyl groups is 1. The number of fused-ring (bicyclic) bond motifs is 2. The van der Waals surface area contributed by atoms with Crippen molar-refractivity contribution in [3.8, 4) is 0 Å². The number of H-pyrrole nitrogens is 1. The Balaban J connectivity index is 1.03. The van der Waals surface area contributed by atoms with Gasteiger partial charge >= 0.3 is 0 Å². The van der Waals surface area contributed by atoms with E-state index in [4.69, 9.17) is 0 Å². The fraction of sp³-hybridized carbons (Fsp3) is 0.417. The number of benzene rings is 2. The third-order valence-electron chi connectivity index (χ3n) is 6.29. The number of hydrogen-bond acceptors (Lipinski definition) is 5. The highest BCUT2D eigenvalue weighted by Gasteiger charge is 2.41. The van der Waals surface area contributed by atoms with Gasteiger partial charge in [0.1, 0.15) is 5.82 Å². The Labute approximate surface area is 186 Å². The SMILES string of the molecule is O=C(CCc1nc2ccccc2[nH]1)NCC1SC(CN2CCc3ccccc3C2)C1O. The molecule has 3 N–H and O–H groups in total. The van der Waals surface area contributed by atoms with E-state index in [-0.39, 0.29) is 22.5 Å². The van der Waals surface area contributed by atoms with Crippen molar-refractivity contribution in [1.82, 2.24) is 20.2 Å². The van der Waals surface area contributed by atoms with E-state index in [2.05, 4.69) is 44.5 Å². The van der Waals surface area contributed by atoms with Gasteiger partial charge in [0.05, 0.1) is 17.1 Å². The van der Waals surface area contributed by atoms with Crippen molar-refractivity contribution in [2.75, 3.05) is 19.6 Å². The largest absolute Gasteiger partial charge is 0.391 e. The van der Waals surface area contributed by atoms with Crippen LogP contribution in [0.4, 0.5) is 0 Å². The number of imidazole rings is 1. The first-order valence-electron chi connectivity index (χ1n) is 11.0. The van der Waals surface area contributed by atoms with E-state index in [1.165, 1.54) is 11.1 Å². The second-order valence-corrected chi connectivity index (χ2v) is 9.95. The number of carbonyl (C=O) groups is 1. The zero-order valence-electron chi connectivity index (χ0n) is 17.5. The number of thioether (sulfide) groups is 1. The van der Waals surface area contributed by atoms with Gasteiger partial charge in [0.15, 0.2) is 0 Å². The zero-order valence-corrected chi connectivity index (χ0v) is 18.3. The zero-order chi connectivity index (χ0) is 21.2. The highest BCUT2D eigenvalue weighted by molar-refractivity contribution is 8.02. The molecule has 2 aliphatic heterocycles. The molecule has 2 aliphatic rings. The number of rotatable bonds is 7. The van der Waals surface area contributed by atoms with Gasteiger partial charge in [-0.15, -0.1) is 11.8 Å². The highest BCUT2D eigenvalue weighted by Crippen LogP contribution is 2.37. The second kappa shape index (κ2) is 9.02. The third kappa shape index (κ3) is 4.63. The summed E-state index contributed by atoms with van der Waals surface area (Å²) in [6.45, 7) is 3.42. The van der Waals surface area contributed by atoms with E-state index in [0.717, 1.165) is 42.9 Å². The summed E-state index contributed by atoms with van der Waals surface area (Å²) in [5.74, 6) is 0.835. The quantitative estimate of drug-likeness (QED) is 0.530. The number of aromatic amines is 1. The minimum Gasteiger partial charge on any atom is -0.391 e. The second-order valence-electron chi connectivity index (χ2n) is 8.46. The molecule has 0 spiro atoms. The smallest absolute Gasteiger partial charge is 0.220 e. The minimum absolute atomic E-state index is 0.00402. The molecule has 31 heavy (non-hydrogen) atoms. The molecular formula is C24H28N4O2S. The lowest BCUT2D eigenvalue weighted by Gasteiger charge is -2.43. The number of carbonyl (C=O) groups excluding carboxylic acids is 1. The molecule has 0 saturated carbocycles. The number of nitrogens with one attached hydrogen (secondary N) is 2. The van der Waals surface area contributed by atoms with E-state index in [1.54, 1.807) is 11.8 Å². The average Bonchev–Trinajstić information content (AvgIpc) is 3.22. The van der Waals surface area contributed by atoms with Crippen LogP contribution in [0.1, 0.15) is 23.4 Å². The summed E-state index contributed by atoms with van der Waals surface area (Å²) in [5, 5.41) is 13.9. The molecule has 162 valence electrons. The van der Waals surface area contributed by atoms with Crippen molar-refractivity contribution >= 4 is 28.7 Å². The fourth-order valence-electron chi connectivity index (χ4n) is 4.48. The number of hydrogen-bond donors (Lipinski definition) is 3. The Morgan fingerprint density at radius 1 is 1.16 bits per heavy atom. The van der Waals surface area contributed by atoms with Crippen LogP contribution in [-0.2, 0) is 24.2 Å². The molecule has 1 aromatic heterocycles. The molecular weight excluding hydrogens is 408 g/mol. The first-order chi connectivity index (χ1) is 15.2. The van der Waals surface area contributed by atoms with Crippen molar-refractivity contribution in [3.63, 3.8) is 0 Å². The Hall–Kier alpha value is -2.35. The maximum Gasteiger partial charge on any atom is 0.220 e. The molecule has 1 saturated heterocycles. The normalized spacial score (nSPS) is 23.3. The molecule has 0 radical (unpaired) electrons. The van der Waals surface area contributed by atoms with Gasteiger partial charge in [0.2, 0.25) is 5.91 Å². The summed E-state index contributed by atoms with van der Waals surface area (Å²) in [5.41, 5.74) is 4.77. The number of aryl methyl sites for hydroxylation is 1. The number of aromatic nitrogens is 2. The van der Waals surface area contributed by atoms with Crippen LogP contribution in [-0.4, -0.2) is 62.1 Å². The Morgan fingerprint density at radius 3 is 2.81 bits per heavy atom. The summed E-state index contributed by atoms with van der Waals surface area (Å²) < 4.78 is 0. The summed E-state index contributed by atoms with van der Waals surface area (Å²) in [6, 6.07) is 16.5. The molecule has 6 nitrogen and oxygen atoms in total. The number of nitrogens with zero attached hydrogens (tertiary/aromatic N) is 2. The van der Waals surface area contributed by atoms with Crippen LogP contribution in [0.15, 0.2) is 48.5 Å². The molecule has 5 rings (SSSR count).